The van der Waals surface area contributed by atoms with E-state index >= 15 is 0 Å². The van der Waals surface area contributed by atoms with Gasteiger partial charge in [0.25, 0.3) is 0 Å². The number of β-amino-alcohol motifs (C(OH)–C–C–N with tert-alkyl or cyclic N) is 1. The Kier molecular flexibility index (Phi) is 5.66. The number of aliphatic hydroxyl groups excluding tert-OH is 1. The Hall–Kier alpha value is -1.96. The van der Waals surface area contributed by atoms with Crippen LogP contribution >= 0.6 is 0 Å². The Morgan fingerprint density at radius 2 is 1.93 bits per heavy atom. The van der Waals surface area contributed by atoms with Crippen LogP contribution in [0, 0.1) is 5.92 Å². The van der Waals surface area contributed by atoms with Gasteiger partial charge in [-0.3, -0.25) is 9.59 Å². The molecule has 3 heterocycles. The summed E-state index contributed by atoms with van der Waals surface area (Å²) in [7, 11) is 0. The van der Waals surface area contributed by atoms with E-state index in [2.05, 4.69) is 10.2 Å². The molecule has 4 rings (SSSR count). The largest absolute Gasteiger partial charge is 0.423 e. The molecule has 3 aliphatic rings. The van der Waals surface area contributed by atoms with Crippen molar-refractivity contribution in [2.24, 2.45) is 5.92 Å². The summed E-state index contributed by atoms with van der Waals surface area (Å²) in [5, 5.41) is 18.2. The number of amides is 2. The van der Waals surface area contributed by atoms with E-state index in [-0.39, 0.29) is 36.7 Å². The molecule has 1 aromatic heterocycles. The third kappa shape index (κ3) is 3.79. The highest BCUT2D eigenvalue weighted by atomic mass is 16.4. The molecule has 28 heavy (non-hydrogen) atoms. The maximum atomic E-state index is 13.2. The number of hydrogen-bond acceptors (Lipinski definition) is 6. The number of rotatable bonds is 4. The van der Waals surface area contributed by atoms with Crippen molar-refractivity contribution in [2.45, 2.75) is 82.9 Å². The number of aliphatic hydroxyl groups is 1. The van der Waals surface area contributed by atoms with Gasteiger partial charge in [-0.1, -0.05) is 32.6 Å². The van der Waals surface area contributed by atoms with Crippen LogP contribution in [-0.4, -0.2) is 62.2 Å². The first kappa shape index (κ1) is 19.4. The minimum atomic E-state index is -0.610. The molecule has 8 heteroatoms. The van der Waals surface area contributed by atoms with E-state index in [9.17, 15) is 14.7 Å². The molecule has 2 amide bonds. The molecule has 8 nitrogen and oxygen atoms in total. The topological polar surface area (TPSA) is 99.8 Å². The maximum Gasteiger partial charge on any atom is 0.239 e. The van der Waals surface area contributed by atoms with Crippen LogP contribution in [-0.2, 0) is 16.0 Å². The Labute approximate surface area is 165 Å². The summed E-state index contributed by atoms with van der Waals surface area (Å²) in [6, 6.07) is -0.131. The van der Waals surface area contributed by atoms with Crippen LogP contribution in [0.2, 0.25) is 0 Å². The lowest BCUT2D eigenvalue weighted by molar-refractivity contribution is -0.137. The third-order valence-electron chi connectivity index (χ3n) is 6.41. The van der Waals surface area contributed by atoms with Crippen LogP contribution in [0.3, 0.4) is 0 Å². The monoisotopic (exact) mass is 390 g/mol. The standard InChI is InChI=1S/C20H30N4O4/c1-2-17-21-22-19(28-17)16-10-15(25)12-24(16)20(27)13-9-18(26)23(11-13)14-7-5-3-4-6-8-14/h13-16,25H,2-12H2,1H3/t13?,15-,16-/m1/s1. The minimum Gasteiger partial charge on any atom is -0.423 e. The lowest BCUT2D eigenvalue weighted by atomic mass is 10.1. The molecular weight excluding hydrogens is 360 g/mol. The Morgan fingerprint density at radius 1 is 1.18 bits per heavy atom. The molecule has 0 spiro atoms. The van der Waals surface area contributed by atoms with Crippen molar-refractivity contribution in [3.05, 3.63) is 11.8 Å². The van der Waals surface area contributed by atoms with E-state index < -0.39 is 12.1 Å². The van der Waals surface area contributed by atoms with Crippen LogP contribution in [0.5, 0.6) is 0 Å². The van der Waals surface area contributed by atoms with Gasteiger partial charge < -0.3 is 19.3 Å². The zero-order valence-electron chi connectivity index (χ0n) is 16.5. The van der Waals surface area contributed by atoms with Gasteiger partial charge in [0.05, 0.1) is 12.0 Å². The first-order chi connectivity index (χ1) is 13.6. The molecule has 2 aliphatic heterocycles. The number of carbonyl (C=O) groups is 2. The maximum absolute atomic E-state index is 13.2. The van der Waals surface area contributed by atoms with Crippen molar-refractivity contribution in [3.8, 4) is 0 Å². The van der Waals surface area contributed by atoms with Crippen molar-refractivity contribution in [3.63, 3.8) is 0 Å². The van der Waals surface area contributed by atoms with E-state index in [0.29, 0.717) is 31.2 Å². The summed E-state index contributed by atoms with van der Waals surface area (Å²) in [5.41, 5.74) is 0. The SMILES string of the molecule is CCc1nnc([C@H]2C[C@@H](O)CN2C(=O)C2CC(=O)N(C3CCCCCC3)C2)o1. The van der Waals surface area contributed by atoms with Crippen molar-refractivity contribution < 1.29 is 19.1 Å². The molecule has 0 bridgehead atoms. The fourth-order valence-electron chi connectivity index (χ4n) is 4.89. The van der Waals surface area contributed by atoms with E-state index in [1.807, 2.05) is 11.8 Å². The number of nitrogens with zero attached hydrogens (tertiary/aromatic N) is 4. The van der Waals surface area contributed by atoms with Crippen molar-refractivity contribution >= 4 is 11.8 Å². The highest BCUT2D eigenvalue weighted by Gasteiger charge is 2.45. The number of aromatic nitrogens is 2. The molecule has 154 valence electrons. The molecule has 2 saturated heterocycles. The predicted octanol–water partition coefficient (Wildman–Crippen LogP) is 1.84. The van der Waals surface area contributed by atoms with Gasteiger partial charge in [-0.15, -0.1) is 10.2 Å². The molecule has 1 aliphatic carbocycles. The van der Waals surface area contributed by atoms with Crippen molar-refractivity contribution in [1.82, 2.24) is 20.0 Å². The lowest BCUT2D eigenvalue weighted by Gasteiger charge is -2.28. The molecule has 3 fully saturated rings. The quantitative estimate of drug-likeness (QED) is 0.788. The Bertz CT molecular complexity index is 713. The van der Waals surface area contributed by atoms with Crippen LogP contribution in [0.1, 0.15) is 76.1 Å². The summed E-state index contributed by atoms with van der Waals surface area (Å²) in [6.07, 6.45) is 7.54. The number of carbonyl (C=O) groups excluding carboxylic acids is 2. The molecular formula is C20H30N4O4. The van der Waals surface area contributed by atoms with Gasteiger partial charge in [0, 0.05) is 38.4 Å². The van der Waals surface area contributed by atoms with Gasteiger partial charge in [-0.2, -0.15) is 0 Å². The van der Waals surface area contributed by atoms with Gasteiger partial charge in [0.15, 0.2) is 0 Å². The second-order valence-electron chi connectivity index (χ2n) is 8.38. The third-order valence-corrected chi connectivity index (χ3v) is 6.41. The van der Waals surface area contributed by atoms with Crippen LogP contribution in [0.15, 0.2) is 4.42 Å². The van der Waals surface area contributed by atoms with Crippen LogP contribution in [0.4, 0.5) is 0 Å². The molecule has 3 atom stereocenters. The predicted molar refractivity (Wildman–Crippen MR) is 100 cm³/mol. The summed E-state index contributed by atoms with van der Waals surface area (Å²) in [6.45, 7) is 2.67. The Balaban J connectivity index is 1.46. The van der Waals surface area contributed by atoms with Crippen molar-refractivity contribution in [1.29, 1.82) is 0 Å². The Morgan fingerprint density at radius 3 is 2.61 bits per heavy atom. The molecule has 1 N–H and O–H groups in total. The molecule has 1 unspecified atom stereocenters. The van der Waals surface area contributed by atoms with Gasteiger partial charge in [0.1, 0.15) is 6.04 Å². The highest BCUT2D eigenvalue weighted by Crippen LogP contribution is 2.35. The summed E-state index contributed by atoms with van der Waals surface area (Å²) < 4.78 is 5.65. The zero-order chi connectivity index (χ0) is 19.7. The first-order valence-electron chi connectivity index (χ1n) is 10.7. The average molecular weight is 390 g/mol. The molecule has 1 saturated carbocycles. The van der Waals surface area contributed by atoms with Crippen LogP contribution < -0.4 is 0 Å². The number of aryl methyl sites for hydroxylation is 1. The second kappa shape index (κ2) is 8.19. The van der Waals surface area contributed by atoms with Crippen molar-refractivity contribution in [2.75, 3.05) is 13.1 Å². The normalized spacial score (nSPS) is 29.5. The van der Waals surface area contributed by atoms with Gasteiger partial charge in [-0.05, 0) is 12.8 Å². The number of likely N-dealkylation sites (tertiary alicyclic amines) is 2. The fourth-order valence-corrected chi connectivity index (χ4v) is 4.89. The second-order valence-corrected chi connectivity index (χ2v) is 8.38. The zero-order valence-corrected chi connectivity index (χ0v) is 16.5. The first-order valence-corrected chi connectivity index (χ1v) is 10.7. The minimum absolute atomic E-state index is 0.0812. The smallest absolute Gasteiger partial charge is 0.239 e. The summed E-state index contributed by atoms with van der Waals surface area (Å²) >= 11 is 0. The van der Waals surface area contributed by atoms with E-state index in [1.54, 1.807) is 4.90 Å². The molecule has 0 aromatic carbocycles. The fraction of sp³-hybridized carbons (Fsp3) is 0.800. The lowest BCUT2D eigenvalue weighted by Crippen LogP contribution is -2.40. The van der Waals surface area contributed by atoms with Gasteiger partial charge in [-0.25, -0.2) is 0 Å². The van der Waals surface area contributed by atoms with Gasteiger partial charge >= 0.3 is 0 Å². The summed E-state index contributed by atoms with van der Waals surface area (Å²) in [4.78, 5) is 29.5. The van der Waals surface area contributed by atoms with Crippen LogP contribution in [0.25, 0.3) is 0 Å². The highest BCUT2D eigenvalue weighted by molar-refractivity contribution is 5.89. The van der Waals surface area contributed by atoms with E-state index in [4.69, 9.17) is 4.42 Å². The number of hydrogen-bond donors (Lipinski definition) is 1. The van der Waals surface area contributed by atoms with Gasteiger partial charge in [0.2, 0.25) is 23.6 Å². The summed E-state index contributed by atoms with van der Waals surface area (Å²) in [5.74, 6) is 0.568. The molecule has 1 aromatic rings. The average Bonchev–Trinajstić information content (AvgIpc) is 3.35. The van der Waals surface area contributed by atoms with E-state index in [1.165, 1.54) is 12.8 Å². The van der Waals surface area contributed by atoms with E-state index in [0.717, 1.165) is 25.7 Å². The molecule has 0 radical (unpaired) electrons.